The number of hydrogen-bond donors (Lipinski definition) is 1. The smallest absolute Gasteiger partial charge is 0.0166 e. The van der Waals surface area contributed by atoms with E-state index in [1.807, 2.05) is 11.8 Å². The molecule has 1 nitrogen and oxygen atoms in total. The van der Waals surface area contributed by atoms with Gasteiger partial charge in [-0.3, -0.25) is 0 Å². The molecule has 1 fully saturated rings. The molecule has 3 heteroatoms. The highest BCUT2D eigenvalue weighted by molar-refractivity contribution is 7.99. The summed E-state index contributed by atoms with van der Waals surface area (Å²) < 4.78 is 0. The SMILES string of the molecule is CSCCCCNC1CCSC1. The zero-order chi connectivity index (χ0) is 8.65. The fraction of sp³-hybridized carbons (Fsp3) is 1.00. The van der Waals surface area contributed by atoms with Gasteiger partial charge in [0.05, 0.1) is 0 Å². The van der Waals surface area contributed by atoms with Crippen LogP contribution in [0.4, 0.5) is 0 Å². The monoisotopic (exact) mass is 205 g/mol. The van der Waals surface area contributed by atoms with Gasteiger partial charge in [0.15, 0.2) is 0 Å². The van der Waals surface area contributed by atoms with Crippen molar-refractivity contribution < 1.29 is 0 Å². The topological polar surface area (TPSA) is 12.0 Å². The maximum absolute atomic E-state index is 3.61. The Bertz CT molecular complexity index is 103. The van der Waals surface area contributed by atoms with Gasteiger partial charge in [-0.25, -0.2) is 0 Å². The summed E-state index contributed by atoms with van der Waals surface area (Å²) in [5.74, 6) is 4.02. The van der Waals surface area contributed by atoms with Crippen LogP contribution in [0.1, 0.15) is 19.3 Å². The van der Waals surface area contributed by atoms with E-state index in [1.54, 1.807) is 0 Å². The second kappa shape index (κ2) is 7.10. The van der Waals surface area contributed by atoms with E-state index in [-0.39, 0.29) is 0 Å². The lowest BCUT2D eigenvalue weighted by Gasteiger charge is -2.09. The lowest BCUT2D eigenvalue weighted by atomic mass is 10.2. The fourth-order valence-electron chi connectivity index (χ4n) is 1.37. The Balaban J connectivity index is 1.81. The molecule has 0 radical (unpaired) electrons. The van der Waals surface area contributed by atoms with Crippen LogP contribution in [0.5, 0.6) is 0 Å². The molecule has 1 aliphatic heterocycles. The van der Waals surface area contributed by atoms with Crippen molar-refractivity contribution in [2.45, 2.75) is 25.3 Å². The Kier molecular flexibility index (Phi) is 6.35. The number of nitrogens with one attached hydrogen (secondary N) is 1. The maximum Gasteiger partial charge on any atom is 0.0166 e. The van der Waals surface area contributed by atoms with E-state index in [0.717, 1.165) is 6.04 Å². The van der Waals surface area contributed by atoms with Crippen molar-refractivity contribution in [3.63, 3.8) is 0 Å². The van der Waals surface area contributed by atoms with Crippen LogP contribution >= 0.6 is 23.5 Å². The summed E-state index contributed by atoms with van der Waals surface area (Å²) in [5.41, 5.74) is 0. The Morgan fingerprint density at radius 2 is 2.42 bits per heavy atom. The summed E-state index contributed by atoms with van der Waals surface area (Å²) in [6.45, 7) is 1.23. The van der Waals surface area contributed by atoms with Gasteiger partial charge in [-0.2, -0.15) is 23.5 Å². The Morgan fingerprint density at radius 1 is 1.50 bits per heavy atom. The average molecular weight is 205 g/mol. The highest BCUT2D eigenvalue weighted by Gasteiger charge is 2.13. The minimum Gasteiger partial charge on any atom is -0.313 e. The molecule has 0 aromatic rings. The van der Waals surface area contributed by atoms with Crippen molar-refractivity contribution in [1.82, 2.24) is 5.32 Å². The highest BCUT2D eigenvalue weighted by atomic mass is 32.2. The van der Waals surface area contributed by atoms with E-state index < -0.39 is 0 Å². The van der Waals surface area contributed by atoms with Gasteiger partial charge in [0.2, 0.25) is 0 Å². The van der Waals surface area contributed by atoms with Crippen LogP contribution in [-0.4, -0.2) is 36.1 Å². The molecule has 0 amide bonds. The molecule has 1 atom stereocenters. The van der Waals surface area contributed by atoms with E-state index >= 15 is 0 Å². The lowest BCUT2D eigenvalue weighted by Crippen LogP contribution is -2.29. The normalized spacial score (nSPS) is 23.2. The highest BCUT2D eigenvalue weighted by Crippen LogP contribution is 2.16. The molecule has 1 aliphatic rings. The van der Waals surface area contributed by atoms with Crippen molar-refractivity contribution in [3.8, 4) is 0 Å². The predicted octanol–water partition coefficient (Wildman–Crippen LogP) is 2.22. The summed E-state index contributed by atoms with van der Waals surface area (Å²) in [4.78, 5) is 0. The largest absolute Gasteiger partial charge is 0.313 e. The molecule has 0 aromatic heterocycles. The Hall–Kier alpha value is 0.660. The van der Waals surface area contributed by atoms with Gasteiger partial charge in [-0.05, 0) is 43.6 Å². The lowest BCUT2D eigenvalue weighted by molar-refractivity contribution is 0.542. The van der Waals surface area contributed by atoms with Crippen LogP contribution in [0.2, 0.25) is 0 Å². The van der Waals surface area contributed by atoms with Gasteiger partial charge >= 0.3 is 0 Å². The van der Waals surface area contributed by atoms with E-state index in [9.17, 15) is 0 Å². The molecule has 1 saturated heterocycles. The second-order valence-electron chi connectivity index (χ2n) is 3.21. The van der Waals surface area contributed by atoms with E-state index in [1.165, 1.54) is 43.1 Å². The van der Waals surface area contributed by atoms with Crippen LogP contribution in [0.3, 0.4) is 0 Å². The van der Waals surface area contributed by atoms with Crippen LogP contribution in [0.25, 0.3) is 0 Å². The molecule has 0 aliphatic carbocycles. The summed E-state index contributed by atoms with van der Waals surface area (Å²) in [6, 6.07) is 0.823. The van der Waals surface area contributed by atoms with E-state index in [4.69, 9.17) is 0 Å². The van der Waals surface area contributed by atoms with Gasteiger partial charge in [-0.1, -0.05) is 0 Å². The third kappa shape index (κ3) is 4.63. The predicted molar refractivity (Wildman–Crippen MR) is 61.3 cm³/mol. The first-order valence-corrected chi connectivity index (χ1v) is 7.28. The molecular weight excluding hydrogens is 186 g/mol. The van der Waals surface area contributed by atoms with Crippen LogP contribution in [0.15, 0.2) is 0 Å². The van der Waals surface area contributed by atoms with Crippen LogP contribution in [-0.2, 0) is 0 Å². The zero-order valence-corrected chi connectivity index (χ0v) is 9.48. The van der Waals surface area contributed by atoms with Gasteiger partial charge in [0, 0.05) is 11.8 Å². The molecule has 0 saturated carbocycles. The van der Waals surface area contributed by atoms with Crippen molar-refractivity contribution >= 4 is 23.5 Å². The first-order chi connectivity index (χ1) is 5.93. The minimum absolute atomic E-state index is 0.823. The molecule has 1 heterocycles. The summed E-state index contributed by atoms with van der Waals surface area (Å²) in [7, 11) is 0. The van der Waals surface area contributed by atoms with Gasteiger partial charge in [0.1, 0.15) is 0 Å². The number of rotatable bonds is 6. The van der Waals surface area contributed by atoms with Crippen LogP contribution in [0, 0.1) is 0 Å². The van der Waals surface area contributed by atoms with Gasteiger partial charge in [0.25, 0.3) is 0 Å². The number of unbranched alkanes of at least 4 members (excludes halogenated alkanes) is 1. The average Bonchev–Trinajstić information content (AvgIpc) is 2.57. The quantitative estimate of drug-likeness (QED) is 0.668. The molecule has 0 aromatic carbocycles. The Morgan fingerprint density at radius 3 is 3.08 bits per heavy atom. The molecule has 0 spiro atoms. The van der Waals surface area contributed by atoms with Gasteiger partial charge in [-0.15, -0.1) is 0 Å². The summed E-state index contributed by atoms with van der Waals surface area (Å²) >= 11 is 4.04. The molecule has 72 valence electrons. The Labute approximate surface area is 84.4 Å². The van der Waals surface area contributed by atoms with Crippen molar-refractivity contribution in [1.29, 1.82) is 0 Å². The van der Waals surface area contributed by atoms with Crippen molar-refractivity contribution in [2.24, 2.45) is 0 Å². The molecule has 1 unspecified atom stereocenters. The molecule has 12 heavy (non-hydrogen) atoms. The molecule has 0 bridgehead atoms. The number of hydrogen-bond acceptors (Lipinski definition) is 3. The fourth-order valence-corrected chi connectivity index (χ4v) is 3.05. The first kappa shape index (κ1) is 10.7. The van der Waals surface area contributed by atoms with Crippen molar-refractivity contribution in [2.75, 3.05) is 30.1 Å². The third-order valence-corrected chi connectivity index (χ3v) is 4.00. The first-order valence-electron chi connectivity index (χ1n) is 4.73. The third-order valence-electron chi connectivity index (χ3n) is 2.14. The van der Waals surface area contributed by atoms with E-state index in [2.05, 4.69) is 23.3 Å². The summed E-state index contributed by atoms with van der Waals surface area (Å²) in [5, 5.41) is 3.61. The molecule has 1 N–H and O–H groups in total. The standard InChI is InChI=1S/C9H19NS2/c1-11-6-3-2-5-10-9-4-7-12-8-9/h9-10H,2-8H2,1H3. The molecule has 1 rings (SSSR count). The van der Waals surface area contributed by atoms with Crippen molar-refractivity contribution in [3.05, 3.63) is 0 Å². The maximum atomic E-state index is 3.61. The minimum atomic E-state index is 0.823. The van der Waals surface area contributed by atoms with Crippen LogP contribution < -0.4 is 5.32 Å². The second-order valence-corrected chi connectivity index (χ2v) is 5.35. The molecular formula is C9H19NS2. The van der Waals surface area contributed by atoms with E-state index in [0.29, 0.717) is 0 Å². The summed E-state index contributed by atoms with van der Waals surface area (Å²) in [6.07, 6.45) is 6.28. The zero-order valence-electron chi connectivity index (χ0n) is 7.84. The van der Waals surface area contributed by atoms with Gasteiger partial charge < -0.3 is 5.32 Å². The number of thioether (sulfide) groups is 2.